The number of aliphatic carboxylic acids is 1. The van der Waals surface area contributed by atoms with E-state index in [0.717, 1.165) is 12.8 Å². The lowest BCUT2D eigenvalue weighted by Crippen LogP contribution is -2.47. The van der Waals surface area contributed by atoms with Gasteiger partial charge in [0.25, 0.3) is 0 Å². The molecule has 1 amide bonds. The topological polar surface area (TPSA) is 57.6 Å². The Bertz CT molecular complexity index is 263. The van der Waals surface area contributed by atoms with Gasteiger partial charge < -0.3 is 10.0 Å². The molecule has 0 aromatic heterocycles. The van der Waals surface area contributed by atoms with Crippen molar-refractivity contribution in [2.45, 2.75) is 38.1 Å². The quantitative estimate of drug-likeness (QED) is 0.715. The van der Waals surface area contributed by atoms with Crippen molar-refractivity contribution in [3.05, 3.63) is 12.7 Å². The largest absolute Gasteiger partial charge is 0.480 e. The number of carbonyl (C=O) groups excluding carboxylic acids is 1. The summed E-state index contributed by atoms with van der Waals surface area (Å²) in [5.74, 6) is -0.955. The van der Waals surface area contributed by atoms with E-state index in [1.54, 1.807) is 6.08 Å². The molecule has 1 aliphatic rings. The van der Waals surface area contributed by atoms with E-state index in [-0.39, 0.29) is 5.91 Å². The standard InChI is InChI=1S/C11H17NO3/c1-2-3-7-10(13)12-8-5-4-6-9(12)11(14)15/h2,9H,1,3-8H2,(H,14,15). The number of likely N-dealkylation sites (tertiary alicyclic amines) is 1. The molecule has 0 aliphatic carbocycles. The van der Waals surface area contributed by atoms with Gasteiger partial charge in [-0.05, 0) is 25.7 Å². The molecule has 0 aromatic carbocycles. The number of rotatable bonds is 4. The molecule has 0 aromatic rings. The molecule has 0 radical (unpaired) electrons. The number of hydrogen-bond acceptors (Lipinski definition) is 2. The van der Waals surface area contributed by atoms with Crippen LogP contribution in [0.3, 0.4) is 0 Å². The minimum atomic E-state index is -0.887. The van der Waals surface area contributed by atoms with Crippen molar-refractivity contribution in [2.24, 2.45) is 0 Å². The van der Waals surface area contributed by atoms with Crippen LogP contribution in [0.5, 0.6) is 0 Å². The molecular weight excluding hydrogens is 194 g/mol. The Balaban J connectivity index is 2.58. The lowest BCUT2D eigenvalue weighted by Gasteiger charge is -2.32. The van der Waals surface area contributed by atoms with Crippen molar-refractivity contribution < 1.29 is 14.7 Å². The maximum Gasteiger partial charge on any atom is 0.326 e. The zero-order valence-corrected chi connectivity index (χ0v) is 8.82. The first-order chi connectivity index (χ1) is 7.16. The Morgan fingerprint density at radius 1 is 1.47 bits per heavy atom. The lowest BCUT2D eigenvalue weighted by molar-refractivity contribution is -0.152. The highest BCUT2D eigenvalue weighted by molar-refractivity contribution is 5.83. The number of allylic oxidation sites excluding steroid dienone is 1. The highest BCUT2D eigenvalue weighted by atomic mass is 16.4. The molecule has 0 bridgehead atoms. The number of carbonyl (C=O) groups is 2. The number of carboxylic acids is 1. The van der Waals surface area contributed by atoms with Crippen molar-refractivity contribution in [3.63, 3.8) is 0 Å². The van der Waals surface area contributed by atoms with Gasteiger partial charge in [0.15, 0.2) is 0 Å². The molecule has 1 aliphatic heterocycles. The van der Waals surface area contributed by atoms with E-state index in [2.05, 4.69) is 6.58 Å². The summed E-state index contributed by atoms with van der Waals surface area (Å²) in [7, 11) is 0. The molecule has 84 valence electrons. The number of amides is 1. The molecule has 4 nitrogen and oxygen atoms in total. The Morgan fingerprint density at radius 2 is 2.20 bits per heavy atom. The fraction of sp³-hybridized carbons (Fsp3) is 0.636. The molecule has 1 N–H and O–H groups in total. The molecular formula is C11H17NO3. The van der Waals surface area contributed by atoms with Gasteiger partial charge in [-0.25, -0.2) is 4.79 Å². The Kier molecular flexibility index (Phi) is 4.34. The average Bonchev–Trinajstić information content (AvgIpc) is 2.25. The summed E-state index contributed by atoms with van der Waals surface area (Å²) >= 11 is 0. The van der Waals surface area contributed by atoms with Crippen LogP contribution >= 0.6 is 0 Å². The van der Waals surface area contributed by atoms with Gasteiger partial charge in [0.2, 0.25) is 5.91 Å². The molecule has 4 heteroatoms. The average molecular weight is 211 g/mol. The fourth-order valence-electron chi connectivity index (χ4n) is 1.86. The van der Waals surface area contributed by atoms with E-state index in [9.17, 15) is 9.59 Å². The van der Waals surface area contributed by atoms with Crippen LogP contribution in [0.2, 0.25) is 0 Å². The van der Waals surface area contributed by atoms with E-state index in [1.165, 1.54) is 4.90 Å². The Morgan fingerprint density at radius 3 is 2.80 bits per heavy atom. The van der Waals surface area contributed by atoms with Crippen LogP contribution in [0, 0.1) is 0 Å². The van der Waals surface area contributed by atoms with Crippen LogP contribution < -0.4 is 0 Å². The zero-order valence-electron chi connectivity index (χ0n) is 8.82. The van der Waals surface area contributed by atoms with Crippen molar-refractivity contribution in [1.82, 2.24) is 4.90 Å². The highest BCUT2D eigenvalue weighted by Gasteiger charge is 2.31. The SMILES string of the molecule is C=CCCC(=O)N1CCCCC1C(=O)O. The third-order valence-electron chi connectivity index (χ3n) is 2.67. The second-order valence-electron chi connectivity index (χ2n) is 3.76. The molecule has 0 saturated carbocycles. The third-order valence-corrected chi connectivity index (χ3v) is 2.67. The van der Waals surface area contributed by atoms with Crippen LogP contribution in [0.25, 0.3) is 0 Å². The van der Waals surface area contributed by atoms with Crippen LogP contribution in [-0.4, -0.2) is 34.5 Å². The predicted molar refractivity (Wildman–Crippen MR) is 56.4 cm³/mol. The van der Waals surface area contributed by atoms with Gasteiger partial charge in [-0.1, -0.05) is 6.08 Å². The summed E-state index contributed by atoms with van der Waals surface area (Å²) in [5.41, 5.74) is 0. The molecule has 1 heterocycles. The molecule has 1 saturated heterocycles. The maximum absolute atomic E-state index is 11.7. The minimum absolute atomic E-state index is 0.0676. The second kappa shape index (κ2) is 5.53. The van der Waals surface area contributed by atoms with Crippen LogP contribution in [0.1, 0.15) is 32.1 Å². The summed E-state index contributed by atoms with van der Waals surface area (Å²) in [6.45, 7) is 4.12. The van der Waals surface area contributed by atoms with Gasteiger partial charge >= 0.3 is 5.97 Å². The van der Waals surface area contributed by atoms with Crippen molar-refractivity contribution in [1.29, 1.82) is 0 Å². The lowest BCUT2D eigenvalue weighted by atomic mass is 10.0. The zero-order chi connectivity index (χ0) is 11.3. The number of hydrogen-bond donors (Lipinski definition) is 1. The second-order valence-corrected chi connectivity index (χ2v) is 3.76. The predicted octanol–water partition coefficient (Wildman–Crippen LogP) is 1.42. The Hall–Kier alpha value is -1.32. The van der Waals surface area contributed by atoms with Gasteiger partial charge in [0.1, 0.15) is 6.04 Å². The van der Waals surface area contributed by atoms with Gasteiger partial charge in [-0.2, -0.15) is 0 Å². The minimum Gasteiger partial charge on any atom is -0.480 e. The van der Waals surface area contributed by atoms with E-state index in [1.807, 2.05) is 0 Å². The van der Waals surface area contributed by atoms with Gasteiger partial charge in [-0.15, -0.1) is 6.58 Å². The molecule has 1 rings (SSSR count). The number of piperidine rings is 1. The normalized spacial score (nSPS) is 21.1. The monoisotopic (exact) mass is 211 g/mol. The smallest absolute Gasteiger partial charge is 0.326 e. The van der Waals surface area contributed by atoms with Crippen molar-refractivity contribution in [2.75, 3.05) is 6.54 Å². The van der Waals surface area contributed by atoms with Crippen LogP contribution in [-0.2, 0) is 9.59 Å². The van der Waals surface area contributed by atoms with Crippen molar-refractivity contribution >= 4 is 11.9 Å². The van der Waals surface area contributed by atoms with Gasteiger partial charge in [-0.3, -0.25) is 4.79 Å². The summed E-state index contributed by atoms with van der Waals surface area (Å²) in [6, 6.07) is -0.615. The first-order valence-corrected chi connectivity index (χ1v) is 5.30. The van der Waals surface area contributed by atoms with Crippen LogP contribution in [0.15, 0.2) is 12.7 Å². The number of nitrogens with zero attached hydrogens (tertiary/aromatic N) is 1. The fourth-order valence-corrected chi connectivity index (χ4v) is 1.86. The van der Waals surface area contributed by atoms with E-state index in [0.29, 0.717) is 25.8 Å². The van der Waals surface area contributed by atoms with Crippen LogP contribution in [0.4, 0.5) is 0 Å². The van der Waals surface area contributed by atoms with Gasteiger partial charge in [0, 0.05) is 13.0 Å². The summed E-state index contributed by atoms with van der Waals surface area (Å²) in [6.07, 6.45) is 5.04. The molecule has 1 atom stereocenters. The third kappa shape index (κ3) is 3.08. The summed E-state index contributed by atoms with van der Waals surface area (Å²) < 4.78 is 0. The molecule has 1 fully saturated rings. The molecule has 1 unspecified atom stereocenters. The van der Waals surface area contributed by atoms with E-state index >= 15 is 0 Å². The van der Waals surface area contributed by atoms with E-state index in [4.69, 9.17) is 5.11 Å². The van der Waals surface area contributed by atoms with Crippen molar-refractivity contribution in [3.8, 4) is 0 Å². The molecule has 0 spiro atoms. The first-order valence-electron chi connectivity index (χ1n) is 5.30. The summed E-state index contributed by atoms with van der Waals surface area (Å²) in [4.78, 5) is 24.1. The highest BCUT2D eigenvalue weighted by Crippen LogP contribution is 2.18. The number of carboxylic acid groups (broad SMARTS) is 1. The first kappa shape index (κ1) is 11.8. The Labute approximate surface area is 89.6 Å². The van der Waals surface area contributed by atoms with E-state index < -0.39 is 12.0 Å². The maximum atomic E-state index is 11.7. The van der Waals surface area contributed by atoms with Gasteiger partial charge in [0.05, 0.1) is 0 Å². The molecule has 15 heavy (non-hydrogen) atoms. The summed E-state index contributed by atoms with van der Waals surface area (Å²) in [5, 5.41) is 8.97.